The van der Waals surface area contributed by atoms with Crippen LogP contribution in [0.25, 0.3) is 0 Å². The van der Waals surface area contributed by atoms with Gasteiger partial charge in [0.2, 0.25) is 0 Å². The molecular weight excluding hydrogens is 316 g/mol. The second-order valence-electron chi connectivity index (χ2n) is 5.68. The van der Waals surface area contributed by atoms with Gasteiger partial charge in [-0.1, -0.05) is 12.1 Å². The number of furan rings is 1. The summed E-state index contributed by atoms with van der Waals surface area (Å²) < 4.78 is 10.6. The van der Waals surface area contributed by atoms with Crippen LogP contribution in [-0.2, 0) is 0 Å². The minimum Gasteiger partial charge on any atom is -0.497 e. The highest BCUT2D eigenvalue weighted by Gasteiger charge is 2.15. The van der Waals surface area contributed by atoms with Crippen LogP contribution in [0.2, 0.25) is 0 Å². The number of amides is 1. The van der Waals surface area contributed by atoms with Crippen LogP contribution < -0.4 is 15.4 Å². The molecule has 5 heteroatoms. The lowest BCUT2D eigenvalue weighted by atomic mass is 10.2. The minimum atomic E-state index is -0.196. The molecule has 0 unspecified atom stereocenters. The van der Waals surface area contributed by atoms with Crippen molar-refractivity contribution in [1.29, 1.82) is 0 Å². The number of carbonyl (C=O) groups is 1. The average molecular weight is 336 g/mol. The first-order valence-corrected chi connectivity index (χ1v) is 7.95. The molecule has 0 atom stereocenters. The molecule has 1 heterocycles. The predicted molar refractivity (Wildman–Crippen MR) is 98.9 cm³/mol. The van der Waals surface area contributed by atoms with Crippen molar-refractivity contribution in [2.45, 2.75) is 13.8 Å². The van der Waals surface area contributed by atoms with Gasteiger partial charge in [0.1, 0.15) is 17.3 Å². The topological polar surface area (TPSA) is 63.5 Å². The fraction of sp³-hybridized carbons (Fsp3) is 0.150. The summed E-state index contributed by atoms with van der Waals surface area (Å²) in [6, 6.07) is 16.9. The zero-order chi connectivity index (χ0) is 17.8. The first-order valence-electron chi connectivity index (χ1n) is 7.95. The summed E-state index contributed by atoms with van der Waals surface area (Å²) in [5, 5.41) is 6.24. The lowest BCUT2D eigenvalue weighted by molar-refractivity contribution is 0.102. The van der Waals surface area contributed by atoms with E-state index in [1.807, 2.05) is 55.5 Å². The van der Waals surface area contributed by atoms with Gasteiger partial charge in [0.15, 0.2) is 0 Å². The number of hydrogen-bond acceptors (Lipinski definition) is 4. The maximum atomic E-state index is 12.5. The number of anilines is 3. The van der Waals surface area contributed by atoms with E-state index < -0.39 is 0 Å². The van der Waals surface area contributed by atoms with E-state index in [-0.39, 0.29) is 5.91 Å². The Morgan fingerprint density at radius 1 is 1.00 bits per heavy atom. The van der Waals surface area contributed by atoms with E-state index in [1.54, 1.807) is 20.1 Å². The number of rotatable bonds is 5. The molecule has 0 saturated heterocycles. The molecule has 0 fully saturated rings. The van der Waals surface area contributed by atoms with Gasteiger partial charge in [-0.05, 0) is 56.3 Å². The second-order valence-corrected chi connectivity index (χ2v) is 5.68. The molecule has 0 aliphatic heterocycles. The number of aryl methyl sites for hydroxylation is 2. The molecule has 0 spiro atoms. The first-order chi connectivity index (χ1) is 12.1. The summed E-state index contributed by atoms with van der Waals surface area (Å²) in [6.07, 6.45) is 0. The molecule has 3 aromatic rings. The lowest BCUT2D eigenvalue weighted by Gasteiger charge is -2.13. The van der Waals surface area contributed by atoms with Crippen molar-refractivity contribution in [3.05, 3.63) is 71.7 Å². The third-order valence-electron chi connectivity index (χ3n) is 3.83. The highest BCUT2D eigenvalue weighted by atomic mass is 16.5. The Bertz CT molecular complexity index is 882. The van der Waals surface area contributed by atoms with Gasteiger partial charge >= 0.3 is 0 Å². The number of hydrogen-bond donors (Lipinski definition) is 2. The molecule has 0 aliphatic rings. The predicted octanol–water partition coefficient (Wildman–Crippen LogP) is 4.90. The first kappa shape index (κ1) is 16.6. The van der Waals surface area contributed by atoms with Crippen molar-refractivity contribution in [2.75, 3.05) is 17.7 Å². The SMILES string of the molecule is COc1ccc(Nc2ccccc2NC(=O)c2cc(C)oc2C)cc1. The Morgan fingerprint density at radius 3 is 2.28 bits per heavy atom. The standard InChI is InChI=1S/C20H20N2O3/c1-13-12-17(14(2)25-13)20(23)22-19-7-5-4-6-18(19)21-15-8-10-16(24-3)11-9-15/h4-12,21H,1-3H3,(H,22,23). The number of para-hydroxylation sites is 2. The Hall–Kier alpha value is -3.21. The lowest BCUT2D eigenvalue weighted by Crippen LogP contribution is -2.13. The van der Waals surface area contributed by atoms with Crippen LogP contribution in [0.3, 0.4) is 0 Å². The van der Waals surface area contributed by atoms with E-state index in [1.165, 1.54) is 0 Å². The fourth-order valence-corrected chi connectivity index (χ4v) is 2.58. The van der Waals surface area contributed by atoms with E-state index in [2.05, 4.69) is 10.6 Å². The van der Waals surface area contributed by atoms with E-state index in [9.17, 15) is 4.79 Å². The zero-order valence-corrected chi connectivity index (χ0v) is 14.4. The summed E-state index contributed by atoms with van der Waals surface area (Å²) in [5.74, 6) is 1.92. The molecular formula is C20H20N2O3. The normalized spacial score (nSPS) is 10.4. The van der Waals surface area contributed by atoms with Gasteiger partial charge in [0.05, 0.1) is 24.0 Å². The zero-order valence-electron chi connectivity index (χ0n) is 14.4. The van der Waals surface area contributed by atoms with Gasteiger partial charge in [0, 0.05) is 5.69 Å². The van der Waals surface area contributed by atoms with Crippen LogP contribution in [0.1, 0.15) is 21.9 Å². The van der Waals surface area contributed by atoms with E-state index >= 15 is 0 Å². The number of benzene rings is 2. The van der Waals surface area contributed by atoms with Gasteiger partial charge in [-0.2, -0.15) is 0 Å². The Balaban J connectivity index is 1.80. The summed E-state index contributed by atoms with van der Waals surface area (Å²) in [7, 11) is 1.63. The monoisotopic (exact) mass is 336 g/mol. The molecule has 5 nitrogen and oxygen atoms in total. The molecule has 3 rings (SSSR count). The van der Waals surface area contributed by atoms with E-state index in [4.69, 9.17) is 9.15 Å². The quantitative estimate of drug-likeness (QED) is 0.695. The number of ether oxygens (including phenoxy) is 1. The number of carbonyl (C=O) groups excluding carboxylic acids is 1. The largest absolute Gasteiger partial charge is 0.497 e. The summed E-state index contributed by atoms with van der Waals surface area (Å²) in [4.78, 5) is 12.5. The molecule has 1 aromatic heterocycles. The Labute approximate surface area is 146 Å². The fourth-order valence-electron chi connectivity index (χ4n) is 2.58. The van der Waals surface area contributed by atoms with Crippen molar-refractivity contribution in [2.24, 2.45) is 0 Å². The molecule has 2 aromatic carbocycles. The third-order valence-corrected chi connectivity index (χ3v) is 3.83. The molecule has 0 aliphatic carbocycles. The second kappa shape index (κ2) is 7.13. The van der Waals surface area contributed by atoms with Crippen molar-refractivity contribution in [3.63, 3.8) is 0 Å². The summed E-state index contributed by atoms with van der Waals surface area (Å²) in [5.41, 5.74) is 2.94. The minimum absolute atomic E-state index is 0.196. The maximum absolute atomic E-state index is 12.5. The van der Waals surface area contributed by atoms with Gasteiger partial charge < -0.3 is 19.8 Å². The van der Waals surface area contributed by atoms with Gasteiger partial charge in [-0.25, -0.2) is 0 Å². The van der Waals surface area contributed by atoms with Crippen LogP contribution in [0.5, 0.6) is 5.75 Å². The molecule has 1 amide bonds. The van der Waals surface area contributed by atoms with Crippen molar-refractivity contribution >= 4 is 23.0 Å². The van der Waals surface area contributed by atoms with Gasteiger partial charge in [-0.15, -0.1) is 0 Å². The number of methoxy groups -OCH3 is 1. The number of nitrogens with one attached hydrogen (secondary N) is 2. The van der Waals surface area contributed by atoms with Crippen LogP contribution in [0.15, 0.2) is 59.0 Å². The molecule has 2 N–H and O–H groups in total. The van der Waals surface area contributed by atoms with Crippen LogP contribution >= 0.6 is 0 Å². The van der Waals surface area contributed by atoms with Crippen LogP contribution in [0.4, 0.5) is 17.1 Å². The van der Waals surface area contributed by atoms with Crippen molar-refractivity contribution in [3.8, 4) is 5.75 Å². The van der Waals surface area contributed by atoms with Gasteiger partial charge in [0.25, 0.3) is 5.91 Å². The smallest absolute Gasteiger partial charge is 0.259 e. The molecule has 25 heavy (non-hydrogen) atoms. The highest BCUT2D eigenvalue weighted by molar-refractivity contribution is 6.06. The van der Waals surface area contributed by atoms with Crippen LogP contribution in [0, 0.1) is 13.8 Å². The maximum Gasteiger partial charge on any atom is 0.259 e. The molecule has 0 radical (unpaired) electrons. The summed E-state index contributed by atoms with van der Waals surface area (Å²) >= 11 is 0. The van der Waals surface area contributed by atoms with Gasteiger partial charge in [-0.3, -0.25) is 4.79 Å². The van der Waals surface area contributed by atoms with E-state index in [0.717, 1.165) is 17.1 Å². The molecule has 0 saturated carbocycles. The van der Waals surface area contributed by atoms with Crippen molar-refractivity contribution < 1.29 is 13.9 Å². The molecule has 0 bridgehead atoms. The Morgan fingerprint density at radius 2 is 1.68 bits per heavy atom. The Kier molecular flexibility index (Phi) is 4.75. The third kappa shape index (κ3) is 3.83. The average Bonchev–Trinajstić information content (AvgIpc) is 2.96. The van der Waals surface area contributed by atoms with Crippen LogP contribution in [-0.4, -0.2) is 13.0 Å². The summed E-state index contributed by atoms with van der Waals surface area (Å²) in [6.45, 7) is 3.60. The van der Waals surface area contributed by atoms with E-state index in [0.29, 0.717) is 22.8 Å². The van der Waals surface area contributed by atoms with Crippen molar-refractivity contribution in [1.82, 2.24) is 0 Å². The highest BCUT2D eigenvalue weighted by Crippen LogP contribution is 2.27. The molecule has 128 valence electrons.